The Kier molecular flexibility index (Phi) is 4.52. The summed E-state index contributed by atoms with van der Waals surface area (Å²) in [4.78, 5) is 45.2. The van der Waals surface area contributed by atoms with Gasteiger partial charge in [0.15, 0.2) is 11.6 Å². The second-order valence-corrected chi connectivity index (χ2v) is 4.78. The van der Waals surface area contributed by atoms with E-state index in [1.165, 1.54) is 25.3 Å². The number of hydrogen-bond donors (Lipinski definition) is 1. The monoisotopic (exact) mass is 293 g/mol. The van der Waals surface area contributed by atoms with Crippen LogP contribution in [0.4, 0.5) is 0 Å². The van der Waals surface area contributed by atoms with Gasteiger partial charge in [-0.25, -0.2) is 0 Å². The van der Waals surface area contributed by atoms with Gasteiger partial charge in [-0.3, -0.25) is 19.2 Å². The molecule has 112 valence electrons. The highest BCUT2D eigenvalue weighted by Gasteiger charge is 2.33. The number of ether oxygens (including phenoxy) is 2. The van der Waals surface area contributed by atoms with Crippen LogP contribution in [0, 0.1) is 0 Å². The van der Waals surface area contributed by atoms with E-state index in [0.717, 1.165) is 0 Å². The molecule has 0 aromatic rings. The third-order valence-corrected chi connectivity index (χ3v) is 3.07. The van der Waals surface area contributed by atoms with Gasteiger partial charge in [-0.1, -0.05) is 6.08 Å². The lowest BCUT2D eigenvalue weighted by Gasteiger charge is -2.09. The molecule has 0 aromatic heterocycles. The van der Waals surface area contributed by atoms with Crippen molar-refractivity contribution in [3.63, 3.8) is 0 Å². The maximum atomic E-state index is 11.7. The fourth-order valence-corrected chi connectivity index (χ4v) is 2.06. The van der Waals surface area contributed by atoms with Gasteiger partial charge in [0.1, 0.15) is 6.04 Å². The smallest absolute Gasteiger partial charge is 0.305 e. The molecule has 0 radical (unpaired) electrons. The number of rotatable bonds is 4. The molecule has 0 aromatic carbocycles. The predicted octanol–water partition coefficient (Wildman–Crippen LogP) is 0.153. The molecule has 1 heterocycles. The van der Waals surface area contributed by atoms with E-state index < -0.39 is 24.2 Å². The van der Waals surface area contributed by atoms with E-state index in [-0.39, 0.29) is 24.4 Å². The van der Waals surface area contributed by atoms with E-state index >= 15 is 0 Å². The fourth-order valence-electron chi connectivity index (χ4n) is 2.06. The van der Waals surface area contributed by atoms with Gasteiger partial charge in [-0.05, 0) is 5.57 Å². The molecular weight excluding hydrogens is 278 g/mol. The Bertz CT molecular complexity index is 532. The zero-order valence-corrected chi connectivity index (χ0v) is 11.5. The van der Waals surface area contributed by atoms with Gasteiger partial charge in [0, 0.05) is 32.3 Å². The van der Waals surface area contributed by atoms with Crippen molar-refractivity contribution in [1.82, 2.24) is 5.32 Å². The van der Waals surface area contributed by atoms with E-state index in [1.54, 1.807) is 0 Å². The number of carbonyl (C=O) groups excluding carboxylic acids is 4. The lowest BCUT2D eigenvalue weighted by atomic mass is 10.2. The second kappa shape index (κ2) is 6.34. The summed E-state index contributed by atoms with van der Waals surface area (Å²) in [6.45, 7) is 1.28. The van der Waals surface area contributed by atoms with Gasteiger partial charge in [0.25, 0.3) is 0 Å². The summed E-state index contributed by atoms with van der Waals surface area (Å²) in [7, 11) is 0. The number of carbonyl (C=O) groups is 4. The molecule has 0 saturated heterocycles. The minimum atomic E-state index is -1.02. The first-order chi connectivity index (χ1) is 9.95. The van der Waals surface area contributed by atoms with Crippen LogP contribution >= 0.6 is 0 Å². The summed E-state index contributed by atoms with van der Waals surface area (Å²) in [6.07, 6.45) is 4.11. The molecule has 2 rings (SSSR count). The molecule has 1 saturated carbocycles. The molecular formula is C14H15NO6. The van der Waals surface area contributed by atoms with Gasteiger partial charge < -0.3 is 14.8 Å². The van der Waals surface area contributed by atoms with Crippen molar-refractivity contribution in [3.8, 4) is 0 Å². The lowest BCUT2D eigenvalue weighted by Crippen LogP contribution is -2.41. The average Bonchev–Trinajstić information content (AvgIpc) is 2.97. The minimum absolute atomic E-state index is 0.177. The van der Waals surface area contributed by atoms with Crippen LogP contribution < -0.4 is 5.32 Å². The summed E-state index contributed by atoms with van der Waals surface area (Å²) in [6, 6.07) is -1.02. The largest absolute Gasteiger partial charge is 0.462 e. The number of hydrogen-bond acceptors (Lipinski definition) is 6. The lowest BCUT2D eigenvalue weighted by molar-refractivity contribution is -0.163. The van der Waals surface area contributed by atoms with Crippen LogP contribution in [-0.4, -0.2) is 35.8 Å². The zero-order chi connectivity index (χ0) is 15.4. The van der Waals surface area contributed by atoms with Gasteiger partial charge in [0.2, 0.25) is 12.2 Å². The number of allylic oxidation sites excluding steroid dienone is 1. The van der Waals surface area contributed by atoms with Crippen molar-refractivity contribution in [3.05, 3.63) is 24.0 Å². The van der Waals surface area contributed by atoms with Crippen LogP contribution in [0.2, 0.25) is 0 Å². The average molecular weight is 293 g/mol. The fraction of sp³-hybridized carbons (Fsp3) is 0.429. The molecule has 1 aliphatic carbocycles. The van der Waals surface area contributed by atoms with Gasteiger partial charge >= 0.3 is 5.97 Å². The van der Waals surface area contributed by atoms with Crippen LogP contribution in [0.5, 0.6) is 0 Å². The Hall–Kier alpha value is -2.44. The highest BCUT2D eigenvalue weighted by molar-refractivity contribution is 6.14. The topological polar surface area (TPSA) is 98.8 Å². The zero-order valence-electron chi connectivity index (χ0n) is 11.5. The highest BCUT2D eigenvalue weighted by atomic mass is 16.7. The number of ketones is 2. The Balaban J connectivity index is 1.82. The molecule has 1 amide bonds. The molecule has 2 aliphatic rings. The van der Waals surface area contributed by atoms with Crippen molar-refractivity contribution in [2.75, 3.05) is 0 Å². The molecule has 1 atom stereocenters. The summed E-state index contributed by atoms with van der Waals surface area (Å²) >= 11 is 0. The second-order valence-electron chi connectivity index (χ2n) is 4.78. The molecule has 1 aliphatic heterocycles. The van der Waals surface area contributed by atoms with Crippen molar-refractivity contribution in [2.45, 2.75) is 38.5 Å². The third kappa shape index (κ3) is 4.01. The molecule has 21 heavy (non-hydrogen) atoms. The Morgan fingerprint density at radius 3 is 2.62 bits per heavy atom. The Morgan fingerprint density at radius 2 is 2.00 bits per heavy atom. The summed E-state index contributed by atoms with van der Waals surface area (Å²) in [5.41, 5.74) is 0.667. The normalized spacial score (nSPS) is 22.3. The van der Waals surface area contributed by atoms with E-state index in [1.807, 2.05) is 0 Å². The Labute approximate surface area is 121 Å². The number of Topliss-reactive ketones (excluding diaryl/α,β-unsaturated/α-hetero) is 2. The molecule has 0 unspecified atom stereocenters. The van der Waals surface area contributed by atoms with Gasteiger partial charge in [-0.15, -0.1) is 0 Å². The predicted molar refractivity (Wildman–Crippen MR) is 69.7 cm³/mol. The molecule has 0 bridgehead atoms. The van der Waals surface area contributed by atoms with E-state index in [2.05, 4.69) is 5.32 Å². The summed E-state index contributed by atoms with van der Waals surface area (Å²) in [5, 5.41) is 2.37. The van der Waals surface area contributed by atoms with Crippen LogP contribution in [0.15, 0.2) is 24.0 Å². The first-order valence-corrected chi connectivity index (χ1v) is 6.51. The SMILES string of the molecule is CC(=O)O[C@H]1CC(/C=C\C(=O)NC2C(=O)CCC2=O)=CO1. The van der Waals surface area contributed by atoms with Gasteiger partial charge in [0.05, 0.1) is 6.26 Å². The molecule has 7 nitrogen and oxygen atoms in total. The van der Waals surface area contributed by atoms with Crippen LogP contribution in [0.3, 0.4) is 0 Å². The molecule has 1 fully saturated rings. The van der Waals surface area contributed by atoms with Crippen molar-refractivity contribution >= 4 is 23.4 Å². The van der Waals surface area contributed by atoms with Crippen LogP contribution in [0.1, 0.15) is 26.2 Å². The Morgan fingerprint density at radius 1 is 1.33 bits per heavy atom. The number of nitrogens with one attached hydrogen (secondary N) is 1. The maximum Gasteiger partial charge on any atom is 0.305 e. The maximum absolute atomic E-state index is 11.7. The minimum Gasteiger partial charge on any atom is -0.462 e. The highest BCUT2D eigenvalue weighted by Crippen LogP contribution is 2.20. The van der Waals surface area contributed by atoms with E-state index in [0.29, 0.717) is 12.0 Å². The molecule has 7 heteroatoms. The first-order valence-electron chi connectivity index (χ1n) is 6.51. The van der Waals surface area contributed by atoms with Gasteiger partial charge in [-0.2, -0.15) is 0 Å². The molecule has 1 N–H and O–H groups in total. The first kappa shape index (κ1) is 15.0. The number of esters is 1. The van der Waals surface area contributed by atoms with E-state index in [4.69, 9.17) is 9.47 Å². The third-order valence-electron chi connectivity index (χ3n) is 3.07. The summed E-state index contributed by atoms with van der Waals surface area (Å²) in [5.74, 6) is -1.50. The van der Waals surface area contributed by atoms with Crippen molar-refractivity contribution in [1.29, 1.82) is 0 Å². The molecule has 0 spiro atoms. The van der Waals surface area contributed by atoms with Crippen molar-refractivity contribution in [2.24, 2.45) is 0 Å². The van der Waals surface area contributed by atoms with Crippen LogP contribution in [0.25, 0.3) is 0 Å². The number of amides is 1. The van der Waals surface area contributed by atoms with E-state index in [9.17, 15) is 19.2 Å². The quantitative estimate of drug-likeness (QED) is 0.450. The standard InChI is InChI=1S/C14H15NO6/c1-8(16)21-13-6-9(7-20-13)2-5-12(19)15-14-10(17)3-4-11(14)18/h2,5,7,13-14H,3-4,6H2,1H3,(H,15,19)/b5-2-/t13-/m0/s1. The summed E-state index contributed by atoms with van der Waals surface area (Å²) < 4.78 is 9.93. The van der Waals surface area contributed by atoms with Crippen molar-refractivity contribution < 1.29 is 28.7 Å². The van der Waals surface area contributed by atoms with Crippen LogP contribution in [-0.2, 0) is 28.7 Å².